The van der Waals surface area contributed by atoms with Crippen LogP contribution in [0.2, 0.25) is 0 Å². The average molecular weight is 293 g/mol. The Labute approximate surface area is 127 Å². The van der Waals surface area contributed by atoms with E-state index in [9.17, 15) is 4.79 Å². The zero-order valence-corrected chi connectivity index (χ0v) is 13.5. The van der Waals surface area contributed by atoms with Gasteiger partial charge in [0.2, 0.25) is 0 Å². The maximum atomic E-state index is 12.1. The highest BCUT2D eigenvalue weighted by Gasteiger charge is 2.27. The molecule has 0 N–H and O–H groups in total. The van der Waals surface area contributed by atoms with Crippen molar-refractivity contribution in [3.05, 3.63) is 17.8 Å². The lowest BCUT2D eigenvalue weighted by atomic mass is 9.97. The van der Waals surface area contributed by atoms with Crippen molar-refractivity contribution in [1.29, 1.82) is 0 Å². The van der Waals surface area contributed by atoms with Gasteiger partial charge in [0, 0.05) is 32.7 Å². The first kappa shape index (κ1) is 16.0. The number of hydrogen-bond acceptors (Lipinski definition) is 4. The van der Waals surface area contributed by atoms with Crippen LogP contribution in [0.4, 0.5) is 0 Å². The Morgan fingerprint density at radius 2 is 2.00 bits per heavy atom. The number of nitrogens with zero attached hydrogens (tertiary/aromatic N) is 3. The quantitative estimate of drug-likeness (QED) is 0.856. The summed E-state index contributed by atoms with van der Waals surface area (Å²) in [5.74, 6) is 1.03. The van der Waals surface area contributed by atoms with Gasteiger partial charge >= 0.3 is 5.91 Å². The maximum Gasteiger partial charge on any atom is 0.309 e. The second-order valence-electron chi connectivity index (χ2n) is 5.61. The van der Waals surface area contributed by atoms with E-state index in [1.165, 1.54) is 6.42 Å². The van der Waals surface area contributed by atoms with E-state index in [-0.39, 0.29) is 11.8 Å². The SMILES string of the molecule is CC.CCC1CN(Cc2coc(C(=O)N3CCCC3)n2)C1. The fraction of sp³-hybridized carbons (Fsp3) is 0.750. The van der Waals surface area contributed by atoms with Gasteiger partial charge in [0.25, 0.3) is 5.89 Å². The van der Waals surface area contributed by atoms with Crippen LogP contribution in [0, 0.1) is 5.92 Å². The molecule has 118 valence electrons. The van der Waals surface area contributed by atoms with Crippen LogP contribution in [0.3, 0.4) is 0 Å². The second-order valence-corrected chi connectivity index (χ2v) is 5.61. The molecule has 5 heteroatoms. The molecule has 2 aliphatic rings. The number of rotatable bonds is 4. The standard InChI is InChI=1S/C14H21N3O2.C2H6/c1-2-11-7-16(8-11)9-12-10-19-13(15-12)14(18)17-5-3-4-6-17;1-2/h10-11H,2-9H2,1H3;1-2H3. The highest BCUT2D eigenvalue weighted by atomic mass is 16.4. The van der Waals surface area contributed by atoms with Crippen LogP contribution in [0.25, 0.3) is 0 Å². The van der Waals surface area contributed by atoms with Crippen molar-refractivity contribution in [3.63, 3.8) is 0 Å². The predicted molar refractivity (Wildman–Crippen MR) is 82.0 cm³/mol. The van der Waals surface area contributed by atoms with Crippen LogP contribution in [0.5, 0.6) is 0 Å². The van der Waals surface area contributed by atoms with Gasteiger partial charge in [-0.1, -0.05) is 27.2 Å². The molecule has 3 heterocycles. The monoisotopic (exact) mass is 293 g/mol. The molecule has 0 saturated carbocycles. The lowest BCUT2D eigenvalue weighted by Crippen LogP contribution is -2.45. The minimum absolute atomic E-state index is 0.0567. The molecule has 0 aromatic carbocycles. The van der Waals surface area contributed by atoms with Gasteiger partial charge in [0.1, 0.15) is 6.26 Å². The third-order valence-electron chi connectivity index (χ3n) is 4.12. The zero-order chi connectivity index (χ0) is 15.2. The highest BCUT2D eigenvalue weighted by Crippen LogP contribution is 2.21. The number of hydrogen-bond donors (Lipinski definition) is 0. The number of carbonyl (C=O) groups excluding carboxylic acids is 1. The topological polar surface area (TPSA) is 49.6 Å². The Kier molecular flexibility index (Phi) is 5.79. The molecule has 1 aromatic heterocycles. The number of carbonyl (C=O) groups is 1. The van der Waals surface area contributed by atoms with Crippen molar-refractivity contribution in [2.24, 2.45) is 5.92 Å². The molecule has 1 amide bonds. The van der Waals surface area contributed by atoms with Crippen molar-refractivity contribution in [2.45, 2.75) is 46.6 Å². The molecule has 2 fully saturated rings. The molecular formula is C16H27N3O2. The Morgan fingerprint density at radius 3 is 2.62 bits per heavy atom. The zero-order valence-electron chi connectivity index (χ0n) is 13.5. The minimum atomic E-state index is -0.0567. The maximum absolute atomic E-state index is 12.1. The molecule has 3 rings (SSSR count). The number of aromatic nitrogens is 1. The molecule has 0 bridgehead atoms. The van der Waals surface area contributed by atoms with Crippen molar-refractivity contribution in [3.8, 4) is 0 Å². The van der Waals surface area contributed by atoms with E-state index in [0.717, 1.165) is 57.2 Å². The van der Waals surface area contributed by atoms with E-state index >= 15 is 0 Å². The molecule has 0 radical (unpaired) electrons. The number of oxazole rings is 1. The molecule has 0 spiro atoms. The first-order valence-electron chi connectivity index (χ1n) is 8.22. The molecule has 2 aliphatic heterocycles. The summed E-state index contributed by atoms with van der Waals surface area (Å²) < 4.78 is 5.33. The van der Waals surface area contributed by atoms with Gasteiger partial charge in [-0.25, -0.2) is 4.98 Å². The summed E-state index contributed by atoms with van der Waals surface area (Å²) in [4.78, 5) is 20.6. The van der Waals surface area contributed by atoms with Gasteiger partial charge in [0.05, 0.1) is 5.69 Å². The minimum Gasteiger partial charge on any atom is -0.441 e. The van der Waals surface area contributed by atoms with Gasteiger partial charge in [0.15, 0.2) is 0 Å². The largest absolute Gasteiger partial charge is 0.441 e. The van der Waals surface area contributed by atoms with E-state index in [0.29, 0.717) is 0 Å². The normalized spacial score (nSPS) is 19.1. The molecule has 21 heavy (non-hydrogen) atoms. The average Bonchev–Trinajstić information content (AvgIpc) is 3.15. The van der Waals surface area contributed by atoms with Crippen molar-refractivity contribution < 1.29 is 9.21 Å². The molecular weight excluding hydrogens is 266 g/mol. The molecule has 0 atom stereocenters. The van der Waals surface area contributed by atoms with Gasteiger partial charge < -0.3 is 9.32 Å². The van der Waals surface area contributed by atoms with E-state index in [1.807, 2.05) is 18.7 Å². The van der Waals surface area contributed by atoms with E-state index in [4.69, 9.17) is 4.42 Å². The first-order chi connectivity index (χ1) is 10.3. The van der Waals surface area contributed by atoms with Crippen molar-refractivity contribution in [2.75, 3.05) is 26.2 Å². The third kappa shape index (κ3) is 3.84. The van der Waals surface area contributed by atoms with Gasteiger partial charge in [-0.3, -0.25) is 9.69 Å². The fourth-order valence-corrected chi connectivity index (χ4v) is 2.83. The van der Waals surface area contributed by atoms with Crippen LogP contribution in [-0.4, -0.2) is 46.9 Å². The fourth-order valence-electron chi connectivity index (χ4n) is 2.83. The lowest BCUT2D eigenvalue weighted by Gasteiger charge is -2.38. The van der Waals surface area contributed by atoms with Crippen molar-refractivity contribution in [1.82, 2.24) is 14.8 Å². The van der Waals surface area contributed by atoms with Crippen LogP contribution in [0.1, 0.15) is 56.4 Å². The van der Waals surface area contributed by atoms with Crippen LogP contribution < -0.4 is 0 Å². The van der Waals surface area contributed by atoms with Crippen LogP contribution >= 0.6 is 0 Å². The van der Waals surface area contributed by atoms with Gasteiger partial charge in [-0.2, -0.15) is 0 Å². The Balaban J connectivity index is 0.000000774. The predicted octanol–water partition coefficient (Wildman–Crippen LogP) is 2.78. The summed E-state index contributed by atoms with van der Waals surface area (Å²) >= 11 is 0. The van der Waals surface area contributed by atoms with Gasteiger partial charge in [-0.15, -0.1) is 0 Å². The first-order valence-corrected chi connectivity index (χ1v) is 8.22. The summed E-state index contributed by atoms with van der Waals surface area (Å²) in [7, 11) is 0. The summed E-state index contributed by atoms with van der Waals surface area (Å²) in [6, 6.07) is 0. The smallest absolute Gasteiger partial charge is 0.309 e. The summed E-state index contributed by atoms with van der Waals surface area (Å²) in [5.41, 5.74) is 0.872. The summed E-state index contributed by atoms with van der Waals surface area (Å²) in [6.07, 6.45) is 5.05. The molecule has 5 nitrogen and oxygen atoms in total. The van der Waals surface area contributed by atoms with E-state index in [2.05, 4.69) is 16.8 Å². The molecule has 0 aliphatic carbocycles. The number of amides is 1. The molecule has 0 unspecified atom stereocenters. The van der Waals surface area contributed by atoms with E-state index < -0.39 is 0 Å². The van der Waals surface area contributed by atoms with Crippen LogP contribution in [-0.2, 0) is 6.54 Å². The number of likely N-dealkylation sites (tertiary alicyclic amines) is 2. The second kappa shape index (κ2) is 7.59. The van der Waals surface area contributed by atoms with Crippen LogP contribution in [0.15, 0.2) is 10.7 Å². The Morgan fingerprint density at radius 1 is 1.33 bits per heavy atom. The lowest BCUT2D eigenvalue weighted by molar-refractivity contribution is 0.0752. The third-order valence-corrected chi connectivity index (χ3v) is 4.12. The molecule has 2 saturated heterocycles. The highest BCUT2D eigenvalue weighted by molar-refractivity contribution is 5.89. The van der Waals surface area contributed by atoms with Gasteiger partial charge in [-0.05, 0) is 18.8 Å². The van der Waals surface area contributed by atoms with Crippen molar-refractivity contribution >= 4 is 5.91 Å². The Bertz CT molecular complexity index is 446. The summed E-state index contributed by atoms with van der Waals surface area (Å²) in [6.45, 7) is 11.0. The Hall–Kier alpha value is -1.36. The molecule has 1 aromatic rings. The van der Waals surface area contributed by atoms with E-state index in [1.54, 1.807) is 6.26 Å². The summed E-state index contributed by atoms with van der Waals surface area (Å²) in [5, 5.41) is 0.